The van der Waals surface area contributed by atoms with Crippen molar-refractivity contribution >= 4 is 21.7 Å². The maximum atomic E-state index is 5.36. The van der Waals surface area contributed by atoms with Gasteiger partial charge in [0.2, 0.25) is 0 Å². The molecule has 0 amide bonds. The molecule has 0 aliphatic heterocycles. The lowest BCUT2D eigenvalue weighted by Crippen LogP contribution is -2.45. The molecule has 4 aromatic rings. The average molecular weight is 422 g/mol. The van der Waals surface area contributed by atoms with Crippen molar-refractivity contribution in [2.24, 2.45) is 5.41 Å². The maximum absolute atomic E-state index is 5.36. The van der Waals surface area contributed by atoms with Gasteiger partial charge in [0, 0.05) is 16.4 Å². The summed E-state index contributed by atoms with van der Waals surface area (Å²) < 4.78 is 0. The van der Waals surface area contributed by atoms with E-state index in [0.717, 1.165) is 11.9 Å². The van der Waals surface area contributed by atoms with Gasteiger partial charge in [-0.1, -0.05) is 90.9 Å². The zero-order valence-corrected chi connectivity index (χ0v) is 20.9. The third-order valence-electron chi connectivity index (χ3n) is 8.08. The van der Waals surface area contributed by atoms with Crippen LogP contribution in [-0.4, -0.2) is 4.98 Å². The highest BCUT2D eigenvalue weighted by atomic mass is 14.7. The predicted octanol–water partition coefficient (Wildman–Crippen LogP) is 8.52. The quantitative estimate of drug-likeness (QED) is 0.300. The van der Waals surface area contributed by atoms with Crippen LogP contribution in [0.4, 0.5) is 0 Å². The van der Waals surface area contributed by atoms with Crippen LogP contribution in [0.2, 0.25) is 0 Å². The molecule has 1 heteroatoms. The molecule has 1 aliphatic carbocycles. The van der Waals surface area contributed by atoms with E-state index in [4.69, 9.17) is 4.98 Å². The summed E-state index contributed by atoms with van der Waals surface area (Å²) in [7, 11) is 0. The molecular formula is C31H35N. The Morgan fingerprint density at radius 3 is 2.06 bits per heavy atom. The van der Waals surface area contributed by atoms with E-state index in [0.29, 0.717) is 0 Å². The van der Waals surface area contributed by atoms with E-state index < -0.39 is 0 Å². The number of aromatic nitrogens is 1. The largest absolute Gasteiger partial charge is 0.247 e. The van der Waals surface area contributed by atoms with Gasteiger partial charge in [-0.2, -0.15) is 0 Å². The molecule has 0 saturated carbocycles. The van der Waals surface area contributed by atoms with Gasteiger partial charge >= 0.3 is 0 Å². The van der Waals surface area contributed by atoms with E-state index >= 15 is 0 Å². The summed E-state index contributed by atoms with van der Waals surface area (Å²) in [4.78, 5) is 5.36. The number of hydrogen-bond donors (Lipinski definition) is 0. The lowest BCUT2D eigenvalue weighted by Gasteiger charge is -2.50. The van der Waals surface area contributed by atoms with Gasteiger partial charge < -0.3 is 0 Å². The number of nitrogens with zero attached hydrogens (tertiary/aromatic N) is 1. The standard InChI is InChI=1S/C31H35N/c1-19-21-14-10-9-13-20(21)17-23-26(19)30(5,6)31(7,8)27-24(18-29(2,3)4)22-15-11-12-16-25(22)32-28(23)27/h9-17H,18H2,1-8H3. The number of benzene rings is 3. The number of fused-ring (bicyclic) bond motifs is 5. The Kier molecular flexibility index (Phi) is 4.42. The second kappa shape index (κ2) is 6.67. The molecule has 1 heterocycles. The maximum Gasteiger partial charge on any atom is 0.0753 e. The van der Waals surface area contributed by atoms with Crippen molar-refractivity contribution in [3.05, 3.63) is 76.9 Å². The molecule has 0 saturated heterocycles. The van der Waals surface area contributed by atoms with Gasteiger partial charge in [-0.25, -0.2) is 4.98 Å². The summed E-state index contributed by atoms with van der Waals surface area (Å²) in [6, 6.07) is 19.9. The van der Waals surface area contributed by atoms with Crippen LogP contribution in [0.3, 0.4) is 0 Å². The van der Waals surface area contributed by atoms with Crippen molar-refractivity contribution in [3.8, 4) is 11.3 Å². The van der Waals surface area contributed by atoms with Crippen molar-refractivity contribution in [2.45, 2.75) is 72.6 Å². The van der Waals surface area contributed by atoms with Crippen LogP contribution in [-0.2, 0) is 17.3 Å². The third kappa shape index (κ3) is 2.86. The van der Waals surface area contributed by atoms with Crippen molar-refractivity contribution < 1.29 is 0 Å². The molecule has 3 aromatic carbocycles. The van der Waals surface area contributed by atoms with Gasteiger partial charge in [-0.15, -0.1) is 0 Å². The Morgan fingerprint density at radius 2 is 1.38 bits per heavy atom. The third-order valence-corrected chi connectivity index (χ3v) is 8.08. The first kappa shape index (κ1) is 21.2. The van der Waals surface area contributed by atoms with Gasteiger partial charge in [0.1, 0.15) is 0 Å². The summed E-state index contributed by atoms with van der Waals surface area (Å²) in [5, 5.41) is 3.97. The molecule has 5 rings (SSSR count). The van der Waals surface area contributed by atoms with Gasteiger partial charge in [0.05, 0.1) is 11.2 Å². The van der Waals surface area contributed by atoms with Crippen LogP contribution in [0.25, 0.3) is 32.9 Å². The number of pyridine rings is 1. The minimum Gasteiger partial charge on any atom is -0.247 e. The van der Waals surface area contributed by atoms with Crippen LogP contribution in [0.15, 0.2) is 54.6 Å². The van der Waals surface area contributed by atoms with Crippen molar-refractivity contribution in [3.63, 3.8) is 0 Å². The Bertz CT molecular complexity index is 1380. The first-order chi connectivity index (χ1) is 14.9. The smallest absolute Gasteiger partial charge is 0.0753 e. The first-order valence-corrected chi connectivity index (χ1v) is 11.9. The van der Waals surface area contributed by atoms with Crippen LogP contribution >= 0.6 is 0 Å². The minimum atomic E-state index is -0.0554. The summed E-state index contributed by atoms with van der Waals surface area (Å²) >= 11 is 0. The van der Waals surface area contributed by atoms with Crippen LogP contribution in [0.5, 0.6) is 0 Å². The zero-order chi connectivity index (χ0) is 23.1. The van der Waals surface area contributed by atoms with Crippen molar-refractivity contribution in [1.82, 2.24) is 4.98 Å². The molecule has 0 bridgehead atoms. The summed E-state index contributed by atoms with van der Waals surface area (Å²) in [5.74, 6) is 0. The predicted molar refractivity (Wildman–Crippen MR) is 139 cm³/mol. The molecular weight excluding hydrogens is 386 g/mol. The van der Waals surface area contributed by atoms with E-state index in [1.165, 1.54) is 49.7 Å². The number of hydrogen-bond acceptors (Lipinski definition) is 1. The SMILES string of the molecule is Cc1c2c(cc3ccccc13)-c1nc3ccccc3c(CC(C)(C)C)c1C(C)(C)C2(C)C. The van der Waals surface area contributed by atoms with Gasteiger partial charge in [-0.3, -0.25) is 0 Å². The van der Waals surface area contributed by atoms with E-state index in [9.17, 15) is 0 Å². The van der Waals surface area contributed by atoms with Crippen LogP contribution in [0, 0.1) is 12.3 Å². The molecule has 0 spiro atoms. The number of para-hydroxylation sites is 1. The topological polar surface area (TPSA) is 12.9 Å². The van der Waals surface area contributed by atoms with E-state index in [1.54, 1.807) is 0 Å². The van der Waals surface area contributed by atoms with Gasteiger partial charge in [0.25, 0.3) is 0 Å². The Labute approximate surface area is 192 Å². The highest BCUT2D eigenvalue weighted by molar-refractivity contribution is 5.97. The minimum absolute atomic E-state index is 0.0276. The Morgan fingerprint density at radius 1 is 0.781 bits per heavy atom. The lowest BCUT2D eigenvalue weighted by atomic mass is 9.54. The molecule has 0 unspecified atom stereocenters. The molecule has 164 valence electrons. The molecule has 0 N–H and O–H groups in total. The summed E-state index contributed by atoms with van der Waals surface area (Å²) in [6.07, 6.45) is 1.04. The molecule has 1 aromatic heterocycles. The second-order valence-electron chi connectivity index (χ2n) is 12.0. The fraction of sp³-hybridized carbons (Fsp3) is 0.387. The van der Waals surface area contributed by atoms with E-state index in [2.05, 4.69) is 110 Å². The van der Waals surface area contributed by atoms with Gasteiger partial charge in [0.15, 0.2) is 0 Å². The van der Waals surface area contributed by atoms with E-state index in [-0.39, 0.29) is 16.2 Å². The molecule has 0 radical (unpaired) electrons. The second-order valence-corrected chi connectivity index (χ2v) is 12.0. The van der Waals surface area contributed by atoms with Crippen molar-refractivity contribution in [1.29, 1.82) is 0 Å². The van der Waals surface area contributed by atoms with Crippen LogP contribution in [0.1, 0.15) is 70.7 Å². The monoisotopic (exact) mass is 421 g/mol. The molecule has 0 atom stereocenters. The molecule has 1 aliphatic rings. The average Bonchev–Trinajstić information content (AvgIpc) is 2.71. The first-order valence-electron chi connectivity index (χ1n) is 11.9. The fourth-order valence-electron chi connectivity index (χ4n) is 6.01. The zero-order valence-electron chi connectivity index (χ0n) is 20.9. The van der Waals surface area contributed by atoms with E-state index in [1.807, 2.05) is 0 Å². The Hall–Kier alpha value is -2.67. The molecule has 0 fully saturated rings. The molecule has 1 nitrogen and oxygen atoms in total. The highest BCUT2D eigenvalue weighted by Gasteiger charge is 2.49. The normalized spacial score (nSPS) is 16.8. The fourth-order valence-corrected chi connectivity index (χ4v) is 6.01. The summed E-state index contributed by atoms with van der Waals surface area (Å²) in [5.41, 5.74) is 9.51. The lowest BCUT2D eigenvalue weighted by molar-refractivity contribution is 0.292. The summed E-state index contributed by atoms with van der Waals surface area (Å²) in [6.45, 7) is 19.1. The highest BCUT2D eigenvalue weighted by Crippen LogP contribution is 2.57. The van der Waals surface area contributed by atoms with Crippen molar-refractivity contribution in [2.75, 3.05) is 0 Å². The number of aryl methyl sites for hydroxylation is 1. The molecule has 32 heavy (non-hydrogen) atoms. The Balaban J connectivity index is 2.01. The number of rotatable bonds is 1. The van der Waals surface area contributed by atoms with Gasteiger partial charge in [-0.05, 0) is 69.3 Å². The van der Waals surface area contributed by atoms with Crippen LogP contribution < -0.4 is 0 Å².